The molecule has 3 rings (SSSR count). The highest BCUT2D eigenvalue weighted by molar-refractivity contribution is 6.31. The molecule has 1 heterocycles. The molecule has 1 aliphatic carbocycles. The van der Waals surface area contributed by atoms with Crippen molar-refractivity contribution in [2.45, 2.75) is 56.5 Å². The van der Waals surface area contributed by atoms with Crippen LogP contribution in [0, 0.1) is 0 Å². The van der Waals surface area contributed by atoms with E-state index in [1.807, 2.05) is 24.3 Å². The molecule has 1 amide bonds. The summed E-state index contributed by atoms with van der Waals surface area (Å²) >= 11 is 6.29. The van der Waals surface area contributed by atoms with Gasteiger partial charge in [0.05, 0.1) is 5.54 Å². The van der Waals surface area contributed by atoms with E-state index in [1.165, 1.54) is 19.3 Å². The van der Waals surface area contributed by atoms with Gasteiger partial charge in [-0.3, -0.25) is 4.79 Å². The van der Waals surface area contributed by atoms with Crippen molar-refractivity contribution >= 4 is 17.5 Å². The Morgan fingerprint density at radius 2 is 2.14 bits per heavy atom. The summed E-state index contributed by atoms with van der Waals surface area (Å²) in [6.07, 6.45) is 7.36. The second-order valence-corrected chi connectivity index (χ2v) is 7.19. The number of nitrogens with zero attached hydrogens (tertiary/aromatic N) is 1. The highest BCUT2D eigenvalue weighted by atomic mass is 35.5. The molecule has 1 N–H and O–H groups in total. The van der Waals surface area contributed by atoms with Gasteiger partial charge in [0.15, 0.2) is 0 Å². The first-order valence-corrected chi connectivity index (χ1v) is 8.75. The van der Waals surface area contributed by atoms with Gasteiger partial charge in [0.1, 0.15) is 0 Å². The number of carbonyl (C=O) groups excluding carboxylic acids is 1. The zero-order valence-corrected chi connectivity index (χ0v) is 14.0. The number of hydrogen-bond acceptors (Lipinski definition) is 2. The van der Waals surface area contributed by atoms with Gasteiger partial charge in [-0.1, -0.05) is 36.2 Å². The van der Waals surface area contributed by atoms with Crippen LogP contribution in [0.15, 0.2) is 24.3 Å². The molecule has 1 atom stereocenters. The summed E-state index contributed by atoms with van der Waals surface area (Å²) in [7, 11) is 2.17. The lowest BCUT2D eigenvalue weighted by atomic mass is 9.98. The molecule has 3 nitrogen and oxygen atoms in total. The number of likely N-dealkylation sites (tertiary alicyclic amines) is 1. The van der Waals surface area contributed by atoms with Crippen LogP contribution in [0.2, 0.25) is 5.02 Å². The fraction of sp³-hybridized carbons (Fsp3) is 0.611. The van der Waals surface area contributed by atoms with E-state index in [4.69, 9.17) is 11.6 Å². The van der Waals surface area contributed by atoms with Crippen molar-refractivity contribution in [3.8, 4) is 0 Å². The third kappa shape index (κ3) is 3.47. The van der Waals surface area contributed by atoms with Crippen molar-refractivity contribution in [1.29, 1.82) is 0 Å². The molecule has 1 aromatic carbocycles. The summed E-state index contributed by atoms with van der Waals surface area (Å²) in [5.74, 6) is 0.163. The first-order chi connectivity index (χ1) is 10.6. The molecule has 1 saturated heterocycles. The zero-order valence-electron chi connectivity index (χ0n) is 13.3. The van der Waals surface area contributed by atoms with Crippen molar-refractivity contribution in [3.05, 3.63) is 34.9 Å². The van der Waals surface area contributed by atoms with Gasteiger partial charge in [-0.05, 0) is 57.3 Å². The molecule has 0 bridgehead atoms. The number of amides is 1. The van der Waals surface area contributed by atoms with Crippen molar-refractivity contribution in [2.24, 2.45) is 0 Å². The maximum absolute atomic E-state index is 12.4. The minimum Gasteiger partial charge on any atom is -0.347 e. The van der Waals surface area contributed by atoms with Crippen LogP contribution in [0.3, 0.4) is 0 Å². The van der Waals surface area contributed by atoms with Gasteiger partial charge >= 0.3 is 0 Å². The smallest absolute Gasteiger partial charge is 0.220 e. The largest absolute Gasteiger partial charge is 0.347 e. The summed E-state index contributed by atoms with van der Waals surface area (Å²) in [5, 5.41) is 3.99. The molecular formula is C18H25ClN2O. The number of rotatable bonds is 5. The molecular weight excluding hydrogens is 296 g/mol. The van der Waals surface area contributed by atoms with Crippen LogP contribution in [0.1, 0.15) is 50.5 Å². The van der Waals surface area contributed by atoms with E-state index >= 15 is 0 Å². The fourth-order valence-electron chi connectivity index (χ4n) is 3.57. The van der Waals surface area contributed by atoms with E-state index in [1.54, 1.807) is 0 Å². The average Bonchev–Trinajstić information content (AvgIpc) is 3.27. The standard InChI is InChI=1S/C18H25ClN2O/c1-21-13-5-4-6-14(21)9-10-17(22)20-18(11-12-18)15-7-2-3-8-16(15)19/h2-3,7-8,14H,4-6,9-13H2,1H3,(H,20,22)/t14-/m0/s1. The maximum Gasteiger partial charge on any atom is 0.220 e. The fourth-order valence-corrected chi connectivity index (χ4v) is 3.89. The van der Waals surface area contributed by atoms with E-state index in [0.717, 1.165) is 36.4 Å². The monoisotopic (exact) mass is 320 g/mol. The van der Waals surface area contributed by atoms with Crippen LogP contribution in [-0.4, -0.2) is 30.4 Å². The number of halogens is 1. The third-order valence-electron chi connectivity index (χ3n) is 5.14. The Hall–Kier alpha value is -1.06. The van der Waals surface area contributed by atoms with E-state index < -0.39 is 0 Å². The Balaban J connectivity index is 1.55. The lowest BCUT2D eigenvalue weighted by Gasteiger charge is -2.32. The quantitative estimate of drug-likeness (QED) is 0.897. The topological polar surface area (TPSA) is 32.3 Å². The van der Waals surface area contributed by atoms with Gasteiger partial charge in [-0.25, -0.2) is 0 Å². The average molecular weight is 321 g/mol. The highest BCUT2D eigenvalue weighted by Crippen LogP contribution is 2.48. The van der Waals surface area contributed by atoms with Crippen LogP contribution in [-0.2, 0) is 10.3 Å². The van der Waals surface area contributed by atoms with Crippen LogP contribution in [0.4, 0.5) is 0 Å². The third-order valence-corrected chi connectivity index (χ3v) is 5.47. The summed E-state index contributed by atoms with van der Waals surface area (Å²) < 4.78 is 0. The van der Waals surface area contributed by atoms with Gasteiger partial charge in [0.25, 0.3) is 0 Å². The molecule has 0 radical (unpaired) electrons. The van der Waals surface area contributed by atoms with Crippen LogP contribution < -0.4 is 5.32 Å². The van der Waals surface area contributed by atoms with Gasteiger partial charge in [0.2, 0.25) is 5.91 Å². The van der Waals surface area contributed by atoms with Crippen molar-refractivity contribution in [1.82, 2.24) is 10.2 Å². The van der Waals surface area contributed by atoms with Gasteiger partial charge in [0, 0.05) is 17.5 Å². The van der Waals surface area contributed by atoms with Crippen molar-refractivity contribution < 1.29 is 4.79 Å². The Morgan fingerprint density at radius 3 is 2.82 bits per heavy atom. The molecule has 4 heteroatoms. The van der Waals surface area contributed by atoms with Crippen LogP contribution in [0.5, 0.6) is 0 Å². The predicted octanol–water partition coefficient (Wildman–Crippen LogP) is 3.71. The van der Waals surface area contributed by atoms with Crippen LogP contribution in [0.25, 0.3) is 0 Å². The summed E-state index contributed by atoms with van der Waals surface area (Å²) in [5.41, 5.74) is 0.869. The molecule has 1 aliphatic heterocycles. The van der Waals surface area contributed by atoms with Crippen molar-refractivity contribution in [2.75, 3.05) is 13.6 Å². The van der Waals surface area contributed by atoms with Crippen LogP contribution >= 0.6 is 11.6 Å². The molecule has 0 unspecified atom stereocenters. The highest BCUT2D eigenvalue weighted by Gasteiger charge is 2.46. The summed E-state index contributed by atoms with van der Waals surface area (Å²) in [6, 6.07) is 8.42. The number of benzene rings is 1. The van der Waals surface area contributed by atoms with Gasteiger partial charge in [-0.15, -0.1) is 0 Å². The van der Waals surface area contributed by atoms with E-state index in [2.05, 4.69) is 17.3 Å². The second kappa shape index (κ2) is 6.59. The summed E-state index contributed by atoms with van der Waals surface area (Å²) in [6.45, 7) is 1.16. The number of hydrogen-bond donors (Lipinski definition) is 1. The Morgan fingerprint density at radius 1 is 1.36 bits per heavy atom. The Kier molecular flexibility index (Phi) is 4.74. The second-order valence-electron chi connectivity index (χ2n) is 6.78. The molecule has 2 aliphatic rings. The number of nitrogens with one attached hydrogen (secondary N) is 1. The first-order valence-electron chi connectivity index (χ1n) is 8.37. The minimum absolute atomic E-state index is 0.163. The van der Waals surface area contributed by atoms with Crippen molar-refractivity contribution in [3.63, 3.8) is 0 Å². The Labute approximate surface area is 138 Å². The SMILES string of the molecule is CN1CCCC[C@H]1CCC(=O)NC1(c2ccccc2Cl)CC1. The summed E-state index contributed by atoms with van der Waals surface area (Å²) in [4.78, 5) is 14.8. The van der Waals surface area contributed by atoms with E-state index in [-0.39, 0.29) is 11.4 Å². The molecule has 0 aromatic heterocycles. The first kappa shape index (κ1) is 15.8. The molecule has 2 fully saturated rings. The van der Waals surface area contributed by atoms with E-state index in [9.17, 15) is 4.79 Å². The molecule has 120 valence electrons. The maximum atomic E-state index is 12.4. The molecule has 22 heavy (non-hydrogen) atoms. The predicted molar refractivity (Wildman–Crippen MR) is 90.0 cm³/mol. The number of piperidine rings is 1. The minimum atomic E-state index is -0.201. The lowest BCUT2D eigenvalue weighted by molar-refractivity contribution is -0.122. The van der Waals surface area contributed by atoms with E-state index in [0.29, 0.717) is 12.5 Å². The molecule has 1 saturated carbocycles. The normalized spacial score (nSPS) is 24.0. The van der Waals surface area contributed by atoms with Gasteiger partial charge in [-0.2, -0.15) is 0 Å². The van der Waals surface area contributed by atoms with Gasteiger partial charge < -0.3 is 10.2 Å². The zero-order chi connectivity index (χ0) is 15.6. The number of carbonyl (C=O) groups is 1. The lowest BCUT2D eigenvalue weighted by Crippen LogP contribution is -2.39. The molecule has 0 spiro atoms. The Bertz CT molecular complexity index is 542. The molecule has 1 aromatic rings.